The van der Waals surface area contributed by atoms with Gasteiger partial charge in [-0.1, -0.05) is 6.07 Å². The molecule has 0 amide bonds. The van der Waals surface area contributed by atoms with Gasteiger partial charge in [0.05, 0.1) is 17.2 Å². The van der Waals surface area contributed by atoms with E-state index in [0.29, 0.717) is 34.4 Å². The molecule has 4 rings (SSSR count). The third kappa shape index (κ3) is 3.82. The lowest BCUT2D eigenvalue weighted by atomic mass is 9.98. The van der Waals surface area contributed by atoms with E-state index in [1.807, 2.05) is 0 Å². The van der Waals surface area contributed by atoms with E-state index in [9.17, 15) is 14.3 Å². The van der Waals surface area contributed by atoms with Gasteiger partial charge in [-0.15, -0.1) is 0 Å². The number of aromatic carboxylic acids is 1. The van der Waals surface area contributed by atoms with E-state index >= 15 is 0 Å². The van der Waals surface area contributed by atoms with Crippen molar-refractivity contribution in [3.63, 3.8) is 0 Å². The van der Waals surface area contributed by atoms with Gasteiger partial charge >= 0.3 is 5.97 Å². The fourth-order valence-electron chi connectivity index (χ4n) is 3.49. The van der Waals surface area contributed by atoms with Crippen LogP contribution in [0.15, 0.2) is 48.7 Å². The summed E-state index contributed by atoms with van der Waals surface area (Å²) in [7, 11) is 0. The zero-order chi connectivity index (χ0) is 19.5. The highest BCUT2D eigenvalue weighted by molar-refractivity contribution is 6.04. The fourth-order valence-corrected chi connectivity index (χ4v) is 3.49. The van der Waals surface area contributed by atoms with Crippen LogP contribution in [-0.4, -0.2) is 35.4 Å². The lowest BCUT2D eigenvalue weighted by Crippen LogP contribution is -2.25. The molecule has 1 aliphatic heterocycles. The van der Waals surface area contributed by atoms with Crippen LogP contribution in [0.2, 0.25) is 0 Å². The Morgan fingerprint density at radius 1 is 1.25 bits per heavy atom. The summed E-state index contributed by atoms with van der Waals surface area (Å²) >= 11 is 0. The van der Waals surface area contributed by atoms with Gasteiger partial charge in [0, 0.05) is 23.8 Å². The highest BCUT2D eigenvalue weighted by Gasteiger charge is 2.18. The van der Waals surface area contributed by atoms with Crippen LogP contribution in [0.1, 0.15) is 29.6 Å². The van der Waals surface area contributed by atoms with Crippen LogP contribution in [0.3, 0.4) is 0 Å². The van der Waals surface area contributed by atoms with Crippen LogP contribution >= 0.6 is 0 Å². The zero-order valence-corrected chi connectivity index (χ0v) is 15.2. The van der Waals surface area contributed by atoms with Crippen molar-refractivity contribution in [3.8, 4) is 16.9 Å². The van der Waals surface area contributed by atoms with Gasteiger partial charge in [-0.05, 0) is 61.2 Å². The maximum Gasteiger partial charge on any atom is 0.337 e. The van der Waals surface area contributed by atoms with E-state index in [-0.39, 0.29) is 11.7 Å². The van der Waals surface area contributed by atoms with Gasteiger partial charge in [-0.3, -0.25) is 4.98 Å². The Morgan fingerprint density at radius 3 is 2.93 bits per heavy atom. The molecule has 0 bridgehead atoms. The first-order chi connectivity index (χ1) is 13.6. The number of aromatic nitrogens is 1. The summed E-state index contributed by atoms with van der Waals surface area (Å²) in [5, 5.41) is 10.3. The number of carboxylic acid groups (broad SMARTS) is 1. The second-order valence-corrected chi connectivity index (χ2v) is 6.84. The molecule has 1 fully saturated rings. The van der Waals surface area contributed by atoms with Gasteiger partial charge in [-0.2, -0.15) is 0 Å². The molecule has 1 saturated heterocycles. The average Bonchev–Trinajstić information content (AvgIpc) is 2.72. The molecule has 3 aromatic rings. The van der Waals surface area contributed by atoms with Crippen molar-refractivity contribution in [2.75, 3.05) is 13.2 Å². The second-order valence-electron chi connectivity index (χ2n) is 6.84. The van der Waals surface area contributed by atoms with Crippen LogP contribution < -0.4 is 4.74 Å². The maximum atomic E-state index is 14.0. The summed E-state index contributed by atoms with van der Waals surface area (Å²) in [6.45, 7) is 1.10. The van der Waals surface area contributed by atoms with Gasteiger partial charge in [0.1, 0.15) is 18.2 Å². The molecule has 0 radical (unpaired) electrons. The standard InChI is InChI=1S/C22H20FNO4/c23-16-6-7-20(28-13-17-5-1-2-9-27-17)18(12-16)15-10-14-4-3-8-24-21(14)19(11-15)22(25)26/h3-4,6-8,10-12,17H,1-2,5,9,13H2,(H,25,26). The molecule has 6 heteroatoms. The van der Waals surface area contributed by atoms with E-state index in [1.165, 1.54) is 18.2 Å². The van der Waals surface area contributed by atoms with Crippen molar-refractivity contribution in [2.45, 2.75) is 25.4 Å². The van der Waals surface area contributed by atoms with Gasteiger partial charge < -0.3 is 14.6 Å². The molecule has 144 valence electrons. The van der Waals surface area contributed by atoms with E-state index < -0.39 is 11.8 Å². The number of pyridine rings is 1. The maximum absolute atomic E-state index is 14.0. The lowest BCUT2D eigenvalue weighted by molar-refractivity contribution is -0.0109. The first-order valence-corrected chi connectivity index (χ1v) is 9.28. The number of rotatable bonds is 5. The Balaban J connectivity index is 1.73. The van der Waals surface area contributed by atoms with E-state index in [2.05, 4.69) is 4.98 Å². The SMILES string of the molecule is O=C(O)c1cc(-c2cc(F)ccc2OCC2CCCCO2)cc2cccnc12. The third-order valence-electron chi connectivity index (χ3n) is 4.89. The van der Waals surface area contributed by atoms with Gasteiger partial charge in [0.15, 0.2) is 0 Å². The number of hydrogen-bond acceptors (Lipinski definition) is 4. The Labute approximate surface area is 161 Å². The molecule has 1 N–H and O–H groups in total. The zero-order valence-electron chi connectivity index (χ0n) is 15.2. The summed E-state index contributed by atoms with van der Waals surface area (Å²) in [6.07, 6.45) is 4.66. The summed E-state index contributed by atoms with van der Waals surface area (Å²) < 4.78 is 25.6. The highest BCUT2D eigenvalue weighted by Crippen LogP contribution is 2.34. The number of ether oxygens (including phenoxy) is 2. The first kappa shape index (κ1) is 18.4. The summed E-state index contributed by atoms with van der Waals surface area (Å²) in [5.41, 5.74) is 1.54. The predicted octanol–water partition coefficient (Wildman–Crippen LogP) is 4.69. The largest absolute Gasteiger partial charge is 0.490 e. The van der Waals surface area contributed by atoms with E-state index in [4.69, 9.17) is 9.47 Å². The number of fused-ring (bicyclic) bond motifs is 1. The van der Waals surface area contributed by atoms with Crippen LogP contribution in [-0.2, 0) is 4.74 Å². The predicted molar refractivity (Wildman–Crippen MR) is 103 cm³/mol. The second kappa shape index (κ2) is 7.94. The summed E-state index contributed by atoms with van der Waals surface area (Å²) in [4.78, 5) is 15.9. The molecule has 5 nitrogen and oxygen atoms in total. The molecule has 0 saturated carbocycles. The molecule has 1 aromatic heterocycles. The van der Waals surface area contributed by atoms with E-state index in [0.717, 1.165) is 25.9 Å². The van der Waals surface area contributed by atoms with Crippen molar-refractivity contribution >= 4 is 16.9 Å². The Bertz CT molecular complexity index is 1010. The van der Waals surface area contributed by atoms with Crippen molar-refractivity contribution in [2.24, 2.45) is 0 Å². The van der Waals surface area contributed by atoms with Crippen LogP contribution in [0.4, 0.5) is 4.39 Å². The third-order valence-corrected chi connectivity index (χ3v) is 4.89. The van der Waals surface area contributed by atoms with Crippen LogP contribution in [0.25, 0.3) is 22.0 Å². The number of benzene rings is 2. The minimum atomic E-state index is -1.08. The lowest BCUT2D eigenvalue weighted by Gasteiger charge is -2.23. The molecule has 0 spiro atoms. The average molecular weight is 381 g/mol. The van der Waals surface area contributed by atoms with Crippen molar-refractivity contribution < 1.29 is 23.8 Å². The molecule has 2 aromatic carbocycles. The quantitative estimate of drug-likeness (QED) is 0.695. The molecular weight excluding hydrogens is 361 g/mol. The van der Waals surface area contributed by atoms with Crippen molar-refractivity contribution in [1.82, 2.24) is 4.98 Å². The number of carboxylic acids is 1. The Morgan fingerprint density at radius 2 is 2.14 bits per heavy atom. The molecular formula is C22H20FNO4. The van der Waals surface area contributed by atoms with E-state index in [1.54, 1.807) is 30.5 Å². The Hall–Kier alpha value is -2.99. The molecule has 1 atom stereocenters. The number of hydrogen-bond donors (Lipinski definition) is 1. The van der Waals surface area contributed by atoms with Crippen molar-refractivity contribution in [1.29, 1.82) is 0 Å². The number of nitrogens with zero attached hydrogens (tertiary/aromatic N) is 1. The molecule has 28 heavy (non-hydrogen) atoms. The number of halogens is 1. The van der Waals surface area contributed by atoms with Gasteiger partial charge in [0.2, 0.25) is 0 Å². The molecule has 0 aliphatic carbocycles. The minimum Gasteiger partial charge on any atom is -0.490 e. The molecule has 1 aliphatic rings. The molecule has 1 unspecified atom stereocenters. The first-order valence-electron chi connectivity index (χ1n) is 9.28. The Kier molecular flexibility index (Phi) is 5.21. The van der Waals surface area contributed by atoms with Gasteiger partial charge in [0.25, 0.3) is 0 Å². The highest BCUT2D eigenvalue weighted by atomic mass is 19.1. The van der Waals surface area contributed by atoms with Crippen LogP contribution in [0, 0.1) is 5.82 Å². The minimum absolute atomic E-state index is 0.0158. The summed E-state index contributed by atoms with van der Waals surface area (Å²) in [6, 6.07) is 11.1. The van der Waals surface area contributed by atoms with Gasteiger partial charge in [-0.25, -0.2) is 9.18 Å². The summed E-state index contributed by atoms with van der Waals surface area (Å²) in [5.74, 6) is -1.00. The number of carbonyl (C=O) groups is 1. The monoisotopic (exact) mass is 381 g/mol. The normalized spacial score (nSPS) is 16.8. The van der Waals surface area contributed by atoms with Crippen molar-refractivity contribution in [3.05, 3.63) is 60.0 Å². The van der Waals surface area contributed by atoms with Crippen LogP contribution in [0.5, 0.6) is 5.75 Å². The fraction of sp³-hybridized carbons (Fsp3) is 0.273. The topological polar surface area (TPSA) is 68.7 Å². The smallest absolute Gasteiger partial charge is 0.337 e. The molecule has 2 heterocycles.